The van der Waals surface area contributed by atoms with Crippen molar-refractivity contribution in [3.05, 3.63) is 76.7 Å². The summed E-state index contributed by atoms with van der Waals surface area (Å²) in [6, 6.07) is 18.4. The van der Waals surface area contributed by atoms with Crippen molar-refractivity contribution in [3.8, 4) is 11.5 Å². The number of benzene rings is 2. The van der Waals surface area contributed by atoms with E-state index in [1.807, 2.05) is 75.4 Å². The molecule has 1 aliphatic rings. The number of amides is 1. The van der Waals surface area contributed by atoms with E-state index < -0.39 is 0 Å². The van der Waals surface area contributed by atoms with Crippen LogP contribution in [-0.2, 0) is 16.8 Å². The number of nitrogens with zero attached hydrogens (tertiary/aromatic N) is 2. The first-order valence-electron chi connectivity index (χ1n) is 10.2. The van der Waals surface area contributed by atoms with Gasteiger partial charge >= 0.3 is 0 Å². The number of aromatic nitrogens is 2. The van der Waals surface area contributed by atoms with E-state index in [0.717, 1.165) is 11.4 Å². The Morgan fingerprint density at radius 1 is 1.10 bits per heavy atom. The summed E-state index contributed by atoms with van der Waals surface area (Å²) in [4.78, 5) is 30.1. The van der Waals surface area contributed by atoms with Gasteiger partial charge in [-0.15, -0.1) is 0 Å². The minimum Gasteiger partial charge on any atom is -0.457 e. The van der Waals surface area contributed by atoms with E-state index in [0.29, 0.717) is 28.9 Å². The summed E-state index contributed by atoms with van der Waals surface area (Å²) in [5.41, 5.74) is 1.16. The van der Waals surface area contributed by atoms with E-state index in [1.165, 1.54) is 11.8 Å². The molecule has 0 aliphatic carbocycles. The Bertz CT molecular complexity index is 1140. The fourth-order valence-electron chi connectivity index (χ4n) is 3.23. The molecule has 4 rings (SSSR count). The fourth-order valence-corrected chi connectivity index (χ4v) is 4.32. The number of para-hydroxylation sites is 1. The number of carbonyl (C=O) groups is 1. The van der Waals surface area contributed by atoms with Crippen molar-refractivity contribution in [3.63, 3.8) is 0 Å². The highest BCUT2D eigenvalue weighted by Crippen LogP contribution is 2.29. The number of hydrogen-bond donors (Lipinski definition) is 1. The SMILES string of the molecule is CC(C)(C)c1cc(=O)n2c(n1)SCC(C(=O)Nc1ccc(Oc3ccccc3)cc1)C2. The highest BCUT2D eigenvalue weighted by atomic mass is 32.2. The number of hydrogen-bond acceptors (Lipinski definition) is 5. The Morgan fingerprint density at radius 3 is 2.45 bits per heavy atom. The molecule has 0 radical (unpaired) electrons. The smallest absolute Gasteiger partial charge is 0.254 e. The van der Waals surface area contributed by atoms with Gasteiger partial charge in [-0.1, -0.05) is 50.7 Å². The lowest BCUT2D eigenvalue weighted by Crippen LogP contribution is -2.37. The average Bonchev–Trinajstić information content (AvgIpc) is 2.75. The molecule has 1 unspecified atom stereocenters. The van der Waals surface area contributed by atoms with Crippen molar-refractivity contribution in [2.75, 3.05) is 11.1 Å². The van der Waals surface area contributed by atoms with Gasteiger partial charge in [-0.05, 0) is 36.4 Å². The zero-order valence-corrected chi connectivity index (χ0v) is 18.6. The van der Waals surface area contributed by atoms with E-state index in [1.54, 1.807) is 10.6 Å². The molecule has 160 valence electrons. The normalized spacial score (nSPS) is 15.8. The Kier molecular flexibility index (Phi) is 5.87. The van der Waals surface area contributed by atoms with Crippen molar-refractivity contribution < 1.29 is 9.53 Å². The van der Waals surface area contributed by atoms with E-state index >= 15 is 0 Å². The van der Waals surface area contributed by atoms with E-state index in [9.17, 15) is 9.59 Å². The molecule has 7 heteroatoms. The summed E-state index contributed by atoms with van der Waals surface area (Å²) < 4.78 is 7.38. The third-order valence-corrected chi connectivity index (χ3v) is 6.17. The molecule has 1 N–H and O–H groups in total. The molecular weight excluding hydrogens is 410 g/mol. The van der Waals surface area contributed by atoms with Gasteiger partial charge in [-0.2, -0.15) is 0 Å². The lowest BCUT2D eigenvalue weighted by atomic mass is 9.92. The third kappa shape index (κ3) is 4.99. The molecule has 0 spiro atoms. The molecule has 0 saturated carbocycles. The first kappa shape index (κ1) is 21.2. The number of nitrogens with one attached hydrogen (secondary N) is 1. The summed E-state index contributed by atoms with van der Waals surface area (Å²) in [5, 5.41) is 3.63. The standard InChI is InChI=1S/C24H25N3O3S/c1-24(2,3)20-13-21(28)27-14-16(15-31-23(27)26-20)22(29)25-17-9-11-19(12-10-17)30-18-7-5-4-6-8-18/h4-13,16H,14-15H2,1-3H3,(H,25,29). The number of carbonyl (C=O) groups excluding carboxylic acids is 1. The van der Waals surface area contributed by atoms with Gasteiger partial charge in [0.15, 0.2) is 5.16 Å². The third-order valence-electron chi connectivity index (χ3n) is 5.03. The van der Waals surface area contributed by atoms with Crippen LogP contribution in [-0.4, -0.2) is 21.2 Å². The van der Waals surface area contributed by atoms with Gasteiger partial charge in [0.25, 0.3) is 5.56 Å². The van der Waals surface area contributed by atoms with Crippen LogP contribution < -0.4 is 15.6 Å². The predicted molar refractivity (Wildman–Crippen MR) is 123 cm³/mol. The molecule has 31 heavy (non-hydrogen) atoms. The molecule has 2 heterocycles. The second-order valence-corrected chi connectivity index (χ2v) is 9.55. The van der Waals surface area contributed by atoms with Crippen molar-refractivity contribution in [2.24, 2.45) is 5.92 Å². The highest BCUT2D eigenvalue weighted by molar-refractivity contribution is 7.99. The summed E-state index contributed by atoms with van der Waals surface area (Å²) >= 11 is 1.45. The van der Waals surface area contributed by atoms with Crippen LogP contribution in [0.3, 0.4) is 0 Å². The molecular formula is C24H25N3O3S. The summed E-state index contributed by atoms with van der Waals surface area (Å²) in [5.74, 6) is 1.62. The van der Waals surface area contributed by atoms with Gasteiger partial charge in [0.05, 0.1) is 11.6 Å². The van der Waals surface area contributed by atoms with Crippen LogP contribution in [0.25, 0.3) is 0 Å². The summed E-state index contributed by atoms with van der Waals surface area (Å²) in [6.07, 6.45) is 0. The number of fused-ring (bicyclic) bond motifs is 1. The monoisotopic (exact) mass is 435 g/mol. The molecule has 0 fully saturated rings. The van der Waals surface area contributed by atoms with Crippen LogP contribution in [0.1, 0.15) is 26.5 Å². The maximum Gasteiger partial charge on any atom is 0.254 e. The Labute approximate surface area is 185 Å². The van der Waals surface area contributed by atoms with Crippen LogP contribution >= 0.6 is 11.8 Å². The summed E-state index contributed by atoms with van der Waals surface area (Å²) in [6.45, 7) is 6.43. The van der Waals surface area contributed by atoms with Gasteiger partial charge in [0, 0.05) is 29.5 Å². The topological polar surface area (TPSA) is 73.2 Å². The molecule has 1 aromatic heterocycles. The van der Waals surface area contributed by atoms with Gasteiger partial charge in [0.1, 0.15) is 11.5 Å². The van der Waals surface area contributed by atoms with Crippen molar-refractivity contribution in [2.45, 2.75) is 37.9 Å². The number of anilines is 1. The minimum absolute atomic E-state index is 0.109. The minimum atomic E-state index is -0.308. The number of ether oxygens (including phenoxy) is 1. The second kappa shape index (κ2) is 8.59. The van der Waals surface area contributed by atoms with Gasteiger partial charge < -0.3 is 10.1 Å². The lowest BCUT2D eigenvalue weighted by Gasteiger charge is -2.26. The molecule has 6 nitrogen and oxygen atoms in total. The van der Waals surface area contributed by atoms with Gasteiger partial charge in [-0.3, -0.25) is 14.2 Å². The Morgan fingerprint density at radius 2 is 1.77 bits per heavy atom. The largest absolute Gasteiger partial charge is 0.457 e. The van der Waals surface area contributed by atoms with E-state index in [4.69, 9.17) is 4.74 Å². The maximum atomic E-state index is 12.8. The van der Waals surface area contributed by atoms with Crippen LogP contribution in [0.4, 0.5) is 5.69 Å². The maximum absolute atomic E-state index is 12.8. The molecule has 1 aliphatic heterocycles. The first-order chi connectivity index (χ1) is 14.8. The lowest BCUT2D eigenvalue weighted by molar-refractivity contribution is -0.119. The van der Waals surface area contributed by atoms with E-state index in [2.05, 4.69) is 10.3 Å². The summed E-state index contributed by atoms with van der Waals surface area (Å²) in [7, 11) is 0. The molecule has 0 saturated heterocycles. The molecule has 2 aromatic carbocycles. The second-order valence-electron chi connectivity index (χ2n) is 8.56. The predicted octanol–water partition coefficient (Wildman–Crippen LogP) is 4.69. The first-order valence-corrected chi connectivity index (χ1v) is 11.2. The zero-order chi connectivity index (χ0) is 22.0. The van der Waals surface area contributed by atoms with Crippen LogP contribution in [0.2, 0.25) is 0 Å². The number of thioether (sulfide) groups is 1. The Hall–Kier alpha value is -3.06. The van der Waals surface area contributed by atoms with Crippen LogP contribution in [0.5, 0.6) is 11.5 Å². The quantitative estimate of drug-likeness (QED) is 0.602. The zero-order valence-electron chi connectivity index (χ0n) is 17.8. The number of rotatable bonds is 4. The molecule has 3 aromatic rings. The van der Waals surface area contributed by atoms with Crippen LogP contribution in [0.15, 0.2) is 70.6 Å². The van der Waals surface area contributed by atoms with Gasteiger partial charge in [0.2, 0.25) is 5.91 Å². The molecule has 1 amide bonds. The highest BCUT2D eigenvalue weighted by Gasteiger charge is 2.28. The van der Waals surface area contributed by atoms with Gasteiger partial charge in [-0.25, -0.2) is 4.98 Å². The van der Waals surface area contributed by atoms with Crippen molar-refractivity contribution in [1.29, 1.82) is 0 Å². The fraction of sp³-hybridized carbons (Fsp3) is 0.292. The average molecular weight is 436 g/mol. The molecule has 0 bridgehead atoms. The van der Waals surface area contributed by atoms with Crippen LogP contribution in [0, 0.1) is 5.92 Å². The van der Waals surface area contributed by atoms with Crippen molar-refractivity contribution in [1.82, 2.24) is 9.55 Å². The molecule has 1 atom stereocenters. The Balaban J connectivity index is 1.41. The van der Waals surface area contributed by atoms with E-state index in [-0.39, 0.29) is 22.8 Å². The van der Waals surface area contributed by atoms with Crippen molar-refractivity contribution >= 4 is 23.4 Å².